The van der Waals surface area contributed by atoms with Gasteiger partial charge in [0.2, 0.25) is 0 Å². The first kappa shape index (κ1) is 13.8. The Morgan fingerprint density at radius 1 is 1.50 bits per heavy atom. The van der Waals surface area contributed by atoms with E-state index in [4.69, 9.17) is 4.74 Å². The number of ether oxygens (including phenoxy) is 1. The summed E-state index contributed by atoms with van der Waals surface area (Å²) in [5.41, 5.74) is 0.840. The Morgan fingerprint density at radius 2 is 2.25 bits per heavy atom. The van der Waals surface area contributed by atoms with Crippen LogP contribution in [0.5, 0.6) is 6.01 Å². The van der Waals surface area contributed by atoms with Gasteiger partial charge in [0.15, 0.2) is 9.84 Å². The third kappa shape index (κ3) is 2.09. The van der Waals surface area contributed by atoms with E-state index in [0.717, 1.165) is 5.69 Å². The fourth-order valence-corrected chi connectivity index (χ4v) is 5.78. The molecule has 2 aliphatic heterocycles. The van der Waals surface area contributed by atoms with E-state index in [1.165, 1.54) is 0 Å². The number of rotatable bonds is 3. The van der Waals surface area contributed by atoms with E-state index < -0.39 is 14.6 Å². The van der Waals surface area contributed by atoms with Crippen molar-refractivity contribution in [3.05, 3.63) is 18.0 Å². The van der Waals surface area contributed by atoms with Crippen molar-refractivity contribution in [2.75, 3.05) is 32.5 Å². The summed E-state index contributed by atoms with van der Waals surface area (Å²) in [5, 5.41) is 0. The number of aromatic nitrogens is 2. The van der Waals surface area contributed by atoms with Crippen molar-refractivity contribution in [1.82, 2.24) is 14.9 Å². The minimum atomic E-state index is -3.01. The average molecular weight is 297 g/mol. The summed E-state index contributed by atoms with van der Waals surface area (Å²) < 4.78 is 29.6. The van der Waals surface area contributed by atoms with Crippen LogP contribution in [0.4, 0.5) is 0 Å². The van der Waals surface area contributed by atoms with Gasteiger partial charge >= 0.3 is 6.01 Å². The number of sulfone groups is 1. The van der Waals surface area contributed by atoms with Gasteiger partial charge in [-0.2, -0.15) is 0 Å². The molecular formula is C13H19N3O3S. The second-order valence-electron chi connectivity index (χ2n) is 5.83. The second-order valence-corrected chi connectivity index (χ2v) is 8.28. The fourth-order valence-electron chi connectivity index (χ4n) is 3.25. The van der Waals surface area contributed by atoms with Gasteiger partial charge in [0, 0.05) is 30.9 Å². The molecule has 20 heavy (non-hydrogen) atoms. The van der Waals surface area contributed by atoms with Crippen molar-refractivity contribution >= 4 is 9.84 Å². The number of hydrogen-bond donors (Lipinski definition) is 0. The van der Waals surface area contributed by atoms with Gasteiger partial charge in [-0.15, -0.1) is 0 Å². The van der Waals surface area contributed by atoms with Crippen LogP contribution in [0.2, 0.25) is 0 Å². The number of aryl methyl sites for hydroxylation is 1. The van der Waals surface area contributed by atoms with Crippen LogP contribution in [-0.4, -0.2) is 60.5 Å². The highest BCUT2D eigenvalue weighted by atomic mass is 32.2. The molecule has 2 aliphatic rings. The minimum absolute atomic E-state index is 0.0350. The zero-order valence-electron chi connectivity index (χ0n) is 11.7. The number of likely N-dealkylation sites (tertiary alicyclic amines) is 1. The summed E-state index contributed by atoms with van der Waals surface area (Å²) in [5.74, 6) is 0.302. The van der Waals surface area contributed by atoms with E-state index >= 15 is 0 Å². The van der Waals surface area contributed by atoms with Crippen LogP contribution >= 0.6 is 0 Å². The van der Waals surface area contributed by atoms with Gasteiger partial charge in [-0.25, -0.2) is 18.4 Å². The molecule has 0 N–H and O–H groups in total. The van der Waals surface area contributed by atoms with Crippen LogP contribution in [0.15, 0.2) is 12.3 Å². The summed E-state index contributed by atoms with van der Waals surface area (Å²) in [7, 11) is -1.06. The van der Waals surface area contributed by atoms with Gasteiger partial charge in [-0.1, -0.05) is 0 Å². The largest absolute Gasteiger partial charge is 0.463 e. The molecule has 6 nitrogen and oxygen atoms in total. The third-order valence-electron chi connectivity index (χ3n) is 4.36. The summed E-state index contributed by atoms with van der Waals surface area (Å²) in [4.78, 5) is 10.3. The highest BCUT2D eigenvalue weighted by Gasteiger charge is 2.60. The maximum Gasteiger partial charge on any atom is 0.316 e. The van der Waals surface area contributed by atoms with Gasteiger partial charge in [-0.3, -0.25) is 0 Å². The van der Waals surface area contributed by atoms with Gasteiger partial charge < -0.3 is 9.64 Å². The highest BCUT2D eigenvalue weighted by molar-refractivity contribution is 7.93. The molecule has 3 heterocycles. The first-order chi connectivity index (χ1) is 9.43. The maximum absolute atomic E-state index is 12.3. The molecular weight excluding hydrogens is 278 g/mol. The molecule has 1 aromatic heterocycles. The van der Waals surface area contributed by atoms with E-state index in [1.54, 1.807) is 12.3 Å². The normalized spacial score (nSPS) is 27.4. The lowest BCUT2D eigenvalue weighted by Gasteiger charge is -2.48. The Labute approximate surface area is 119 Å². The molecule has 1 spiro atoms. The first-order valence-electron chi connectivity index (χ1n) is 6.76. The molecule has 0 bridgehead atoms. The van der Waals surface area contributed by atoms with Crippen molar-refractivity contribution in [2.24, 2.45) is 5.92 Å². The van der Waals surface area contributed by atoms with Crippen molar-refractivity contribution in [2.45, 2.75) is 18.1 Å². The summed E-state index contributed by atoms with van der Waals surface area (Å²) in [6, 6.07) is 2.13. The van der Waals surface area contributed by atoms with Crippen LogP contribution < -0.4 is 4.74 Å². The monoisotopic (exact) mass is 297 g/mol. The Morgan fingerprint density at radius 3 is 2.90 bits per heavy atom. The Hall–Kier alpha value is -1.21. The van der Waals surface area contributed by atoms with Crippen LogP contribution in [0.3, 0.4) is 0 Å². The van der Waals surface area contributed by atoms with Gasteiger partial charge in [0.25, 0.3) is 0 Å². The predicted octanol–water partition coefficient (Wildman–Crippen LogP) is 0.283. The Bertz CT molecular complexity index is 611. The molecule has 110 valence electrons. The quantitative estimate of drug-likeness (QED) is 0.798. The smallest absolute Gasteiger partial charge is 0.316 e. The van der Waals surface area contributed by atoms with Crippen LogP contribution in [-0.2, 0) is 9.84 Å². The van der Waals surface area contributed by atoms with Crippen molar-refractivity contribution < 1.29 is 13.2 Å². The maximum atomic E-state index is 12.3. The van der Waals surface area contributed by atoms with Crippen LogP contribution in [0.1, 0.15) is 12.1 Å². The third-order valence-corrected chi connectivity index (χ3v) is 6.96. The zero-order valence-corrected chi connectivity index (χ0v) is 12.6. The highest BCUT2D eigenvalue weighted by Crippen LogP contribution is 2.44. The van der Waals surface area contributed by atoms with E-state index in [1.807, 2.05) is 18.9 Å². The zero-order chi connectivity index (χ0) is 14.4. The van der Waals surface area contributed by atoms with E-state index in [0.29, 0.717) is 32.1 Å². The molecule has 0 saturated carbocycles. The summed E-state index contributed by atoms with van der Waals surface area (Å²) in [6.07, 6.45) is 2.32. The van der Waals surface area contributed by atoms with Crippen LogP contribution in [0, 0.1) is 12.8 Å². The van der Waals surface area contributed by atoms with E-state index in [2.05, 4.69) is 9.97 Å². The Balaban J connectivity index is 1.72. The molecule has 0 aliphatic carbocycles. The standard InChI is InChI=1S/C13H19N3O3S/c1-10-3-5-14-12(15-10)19-7-11-4-6-20(17,18)13(11)8-16(2)9-13/h3,5,11H,4,6-9H2,1-2H3. The summed E-state index contributed by atoms with van der Waals surface area (Å²) >= 11 is 0. The molecule has 3 rings (SSSR count). The van der Waals surface area contributed by atoms with Gasteiger partial charge in [0.1, 0.15) is 4.75 Å². The minimum Gasteiger partial charge on any atom is -0.463 e. The van der Waals surface area contributed by atoms with Gasteiger partial charge in [-0.05, 0) is 26.5 Å². The number of hydrogen-bond acceptors (Lipinski definition) is 6. The van der Waals surface area contributed by atoms with Crippen molar-refractivity contribution in [1.29, 1.82) is 0 Å². The van der Waals surface area contributed by atoms with Crippen LogP contribution in [0.25, 0.3) is 0 Å². The molecule has 0 radical (unpaired) electrons. The van der Waals surface area contributed by atoms with Crippen molar-refractivity contribution in [3.8, 4) is 6.01 Å². The number of nitrogens with zero attached hydrogens (tertiary/aromatic N) is 3. The fraction of sp³-hybridized carbons (Fsp3) is 0.692. The topological polar surface area (TPSA) is 72.4 Å². The SMILES string of the molecule is Cc1ccnc(OCC2CCS(=O)(=O)C23CN(C)C3)n1. The molecule has 0 aromatic carbocycles. The van der Waals surface area contributed by atoms with E-state index in [9.17, 15) is 8.42 Å². The molecule has 7 heteroatoms. The van der Waals surface area contributed by atoms with Crippen molar-refractivity contribution in [3.63, 3.8) is 0 Å². The second kappa shape index (κ2) is 4.66. The molecule has 2 fully saturated rings. The molecule has 0 amide bonds. The lowest BCUT2D eigenvalue weighted by molar-refractivity contribution is 0.0841. The predicted molar refractivity (Wildman–Crippen MR) is 74.4 cm³/mol. The molecule has 1 atom stereocenters. The lowest BCUT2D eigenvalue weighted by atomic mass is 9.84. The van der Waals surface area contributed by atoms with E-state index in [-0.39, 0.29) is 11.7 Å². The molecule has 1 aromatic rings. The summed E-state index contributed by atoms with van der Waals surface area (Å²) in [6.45, 7) is 3.46. The average Bonchev–Trinajstić information content (AvgIpc) is 2.60. The lowest BCUT2D eigenvalue weighted by Crippen LogP contribution is -2.66. The Kier molecular flexibility index (Phi) is 3.21. The van der Waals surface area contributed by atoms with Gasteiger partial charge in [0.05, 0.1) is 12.4 Å². The molecule has 2 saturated heterocycles. The first-order valence-corrected chi connectivity index (χ1v) is 8.41. The molecule has 1 unspecified atom stereocenters.